The molecular weight excluding hydrogens is 240 g/mol. The summed E-state index contributed by atoms with van der Waals surface area (Å²) in [6.45, 7) is 5.56. The highest BCUT2D eigenvalue weighted by Gasteiger charge is 2.20. The van der Waals surface area contributed by atoms with Gasteiger partial charge >= 0.3 is 5.97 Å². The molecule has 0 spiro atoms. The zero-order chi connectivity index (χ0) is 13.0. The Morgan fingerprint density at radius 1 is 1.59 bits per heavy atom. The lowest BCUT2D eigenvalue weighted by Gasteiger charge is -2.08. The maximum absolute atomic E-state index is 11.7. The molecule has 17 heavy (non-hydrogen) atoms. The van der Waals surface area contributed by atoms with E-state index in [1.54, 1.807) is 6.07 Å². The van der Waals surface area contributed by atoms with Crippen molar-refractivity contribution in [1.29, 1.82) is 0 Å². The molecule has 0 fully saturated rings. The smallest absolute Gasteiger partial charge is 0.318 e. The molecule has 1 aromatic heterocycles. The average molecular weight is 258 g/mol. The van der Waals surface area contributed by atoms with Crippen LogP contribution in [-0.2, 0) is 21.3 Å². The van der Waals surface area contributed by atoms with Gasteiger partial charge in [0.15, 0.2) is 0 Å². The van der Waals surface area contributed by atoms with Crippen molar-refractivity contribution in [3.05, 3.63) is 18.0 Å². The van der Waals surface area contributed by atoms with Crippen LogP contribution in [0, 0.1) is 0 Å². The third-order valence-electron chi connectivity index (χ3n) is 2.74. The summed E-state index contributed by atoms with van der Waals surface area (Å²) in [7, 11) is -1.42. The predicted molar refractivity (Wildman–Crippen MR) is 66.2 cm³/mol. The normalized spacial score (nSPS) is 16.4. The molecule has 0 aromatic carbocycles. The first-order valence-electron chi connectivity index (χ1n) is 5.59. The van der Waals surface area contributed by atoms with E-state index < -0.39 is 22.0 Å². The van der Waals surface area contributed by atoms with Crippen LogP contribution in [0.25, 0.3) is 0 Å². The van der Waals surface area contributed by atoms with Crippen molar-refractivity contribution in [3.8, 4) is 0 Å². The van der Waals surface area contributed by atoms with E-state index in [4.69, 9.17) is 5.11 Å². The fourth-order valence-corrected chi connectivity index (χ4v) is 2.19. The Hall–Kier alpha value is -1.17. The molecule has 0 aliphatic carbocycles. The van der Waals surface area contributed by atoms with Crippen LogP contribution in [0.2, 0.25) is 0 Å². The summed E-state index contributed by atoms with van der Waals surface area (Å²) < 4.78 is 13.5. The van der Waals surface area contributed by atoms with Gasteiger partial charge < -0.3 is 5.11 Å². The molecule has 1 N–H and O–H groups in total. The summed E-state index contributed by atoms with van der Waals surface area (Å²) in [5, 5.41) is 12.2. The van der Waals surface area contributed by atoms with E-state index in [2.05, 4.69) is 12.0 Å². The molecule has 0 radical (unpaired) electrons. The highest BCUT2D eigenvalue weighted by molar-refractivity contribution is 7.85. The molecule has 1 aromatic rings. The lowest BCUT2D eigenvalue weighted by Crippen LogP contribution is -2.23. The maximum Gasteiger partial charge on any atom is 0.318 e. The molecule has 1 heterocycles. The van der Waals surface area contributed by atoms with Gasteiger partial charge in [0.25, 0.3) is 0 Å². The fourth-order valence-electron chi connectivity index (χ4n) is 1.27. The first kappa shape index (κ1) is 13.9. The van der Waals surface area contributed by atoms with Crippen molar-refractivity contribution >= 4 is 16.8 Å². The van der Waals surface area contributed by atoms with Crippen molar-refractivity contribution in [1.82, 2.24) is 9.78 Å². The minimum absolute atomic E-state index is 0.191. The van der Waals surface area contributed by atoms with Crippen LogP contribution in [0.15, 0.2) is 12.3 Å². The zero-order valence-electron chi connectivity index (χ0n) is 10.3. The van der Waals surface area contributed by atoms with Crippen LogP contribution >= 0.6 is 0 Å². The molecule has 3 atom stereocenters. The third-order valence-corrected chi connectivity index (χ3v) is 4.31. The minimum atomic E-state index is -1.42. The minimum Gasteiger partial charge on any atom is -0.480 e. The Morgan fingerprint density at radius 2 is 2.24 bits per heavy atom. The predicted octanol–water partition coefficient (Wildman–Crippen LogP) is 1.58. The van der Waals surface area contributed by atoms with Crippen molar-refractivity contribution in [2.75, 3.05) is 0 Å². The monoisotopic (exact) mass is 258 g/mol. The van der Waals surface area contributed by atoms with Crippen LogP contribution in [0.1, 0.15) is 38.9 Å². The lowest BCUT2D eigenvalue weighted by atomic mass is 10.3. The third kappa shape index (κ3) is 3.66. The Kier molecular flexibility index (Phi) is 4.86. The van der Waals surface area contributed by atoms with Crippen molar-refractivity contribution in [2.45, 2.75) is 44.2 Å². The largest absolute Gasteiger partial charge is 0.480 e. The van der Waals surface area contributed by atoms with E-state index in [-0.39, 0.29) is 5.75 Å². The van der Waals surface area contributed by atoms with Crippen molar-refractivity contribution < 1.29 is 14.1 Å². The number of carboxylic acids is 1. The number of aromatic nitrogens is 2. The van der Waals surface area contributed by atoms with E-state index >= 15 is 0 Å². The van der Waals surface area contributed by atoms with Gasteiger partial charge in [0, 0.05) is 23.0 Å². The second kappa shape index (κ2) is 5.95. The summed E-state index contributed by atoms with van der Waals surface area (Å²) >= 11 is 0. The van der Waals surface area contributed by atoms with Crippen LogP contribution in [0.5, 0.6) is 0 Å². The van der Waals surface area contributed by atoms with E-state index in [0.717, 1.165) is 6.42 Å². The number of aliphatic carboxylic acids is 1. The van der Waals surface area contributed by atoms with E-state index in [1.165, 1.54) is 6.92 Å². The summed E-state index contributed by atoms with van der Waals surface area (Å²) in [6.07, 6.45) is 2.81. The SMILES string of the molecule is CCC(C)n1ccc(CS(=O)C(C)C(=O)O)n1. The van der Waals surface area contributed by atoms with Gasteiger partial charge in [-0.1, -0.05) is 6.92 Å². The number of carbonyl (C=O) groups is 1. The molecule has 0 aliphatic heterocycles. The Labute approximate surface area is 103 Å². The molecule has 0 aliphatic rings. The number of hydrogen-bond donors (Lipinski definition) is 1. The molecule has 6 heteroatoms. The molecule has 0 bridgehead atoms. The van der Waals surface area contributed by atoms with E-state index in [1.807, 2.05) is 17.8 Å². The van der Waals surface area contributed by atoms with Crippen molar-refractivity contribution in [2.24, 2.45) is 0 Å². The topological polar surface area (TPSA) is 72.2 Å². The maximum atomic E-state index is 11.7. The summed E-state index contributed by atoms with van der Waals surface area (Å²) in [6, 6.07) is 2.09. The Morgan fingerprint density at radius 3 is 2.76 bits per heavy atom. The molecule has 1 rings (SSSR count). The van der Waals surface area contributed by atoms with Gasteiger partial charge in [0.05, 0.1) is 11.4 Å². The molecule has 0 saturated carbocycles. The summed E-state index contributed by atoms with van der Waals surface area (Å²) in [4.78, 5) is 10.7. The Bertz CT molecular complexity index is 417. The van der Waals surface area contributed by atoms with E-state index in [0.29, 0.717) is 11.7 Å². The molecule has 0 amide bonds. The average Bonchev–Trinajstić information content (AvgIpc) is 2.75. The number of rotatable bonds is 6. The van der Waals surface area contributed by atoms with Crippen LogP contribution < -0.4 is 0 Å². The Balaban J connectivity index is 2.67. The van der Waals surface area contributed by atoms with Gasteiger partial charge in [0.1, 0.15) is 5.25 Å². The van der Waals surface area contributed by atoms with Crippen molar-refractivity contribution in [3.63, 3.8) is 0 Å². The fraction of sp³-hybridized carbons (Fsp3) is 0.636. The van der Waals surface area contributed by atoms with Gasteiger partial charge in [0.2, 0.25) is 0 Å². The molecule has 96 valence electrons. The van der Waals surface area contributed by atoms with Gasteiger partial charge in [-0.2, -0.15) is 5.10 Å². The van der Waals surface area contributed by atoms with Gasteiger partial charge in [-0.15, -0.1) is 0 Å². The van der Waals surface area contributed by atoms with E-state index in [9.17, 15) is 9.00 Å². The molecule has 5 nitrogen and oxygen atoms in total. The zero-order valence-corrected chi connectivity index (χ0v) is 11.1. The lowest BCUT2D eigenvalue weighted by molar-refractivity contribution is -0.136. The first-order chi connectivity index (χ1) is 7.95. The number of hydrogen-bond acceptors (Lipinski definition) is 3. The van der Waals surface area contributed by atoms with Gasteiger partial charge in [-0.25, -0.2) is 0 Å². The van der Waals surface area contributed by atoms with Crippen LogP contribution in [0.3, 0.4) is 0 Å². The van der Waals surface area contributed by atoms with Gasteiger partial charge in [-0.05, 0) is 26.3 Å². The van der Waals surface area contributed by atoms with Crippen LogP contribution in [0.4, 0.5) is 0 Å². The second-order valence-electron chi connectivity index (χ2n) is 4.05. The first-order valence-corrected chi connectivity index (χ1v) is 6.98. The highest BCUT2D eigenvalue weighted by atomic mass is 32.2. The molecule has 3 unspecified atom stereocenters. The highest BCUT2D eigenvalue weighted by Crippen LogP contribution is 2.11. The quantitative estimate of drug-likeness (QED) is 0.840. The molecule has 0 saturated heterocycles. The van der Waals surface area contributed by atoms with Gasteiger partial charge in [-0.3, -0.25) is 13.7 Å². The standard InChI is InChI=1S/C11H18N2O3S/c1-4-8(2)13-6-5-10(12-13)7-17(16)9(3)11(14)15/h5-6,8-9H,4,7H2,1-3H3,(H,14,15). The second-order valence-corrected chi connectivity index (χ2v) is 5.81. The summed E-state index contributed by atoms with van der Waals surface area (Å²) in [5.74, 6) is -0.846. The number of nitrogens with zero attached hydrogens (tertiary/aromatic N) is 2. The van der Waals surface area contributed by atoms with Crippen LogP contribution in [-0.4, -0.2) is 30.3 Å². The number of carboxylic acid groups (broad SMARTS) is 1. The summed E-state index contributed by atoms with van der Waals surface area (Å²) in [5.41, 5.74) is 0.678. The molecular formula is C11H18N2O3S.